The summed E-state index contributed by atoms with van der Waals surface area (Å²) in [4.78, 5) is 13.3. The maximum absolute atomic E-state index is 13.3. The monoisotopic (exact) mass is 403 g/mol. The van der Waals surface area contributed by atoms with Crippen LogP contribution in [-0.2, 0) is 10.2 Å². The number of carbonyl (C=O) groups is 1. The lowest BCUT2D eigenvalue weighted by atomic mass is 9.85. The van der Waals surface area contributed by atoms with Crippen LogP contribution in [0.2, 0.25) is 0 Å². The molecule has 0 saturated heterocycles. The lowest BCUT2D eigenvalue weighted by molar-refractivity contribution is -0.117. The standard InChI is InChI=1S/C25H25NO4/c1-28-19-10-6-8-17(14-19)25(18-9-7-11-20(15-18)29-2)16-21(25)24(27)26-22-12-4-5-13-23(22)30-3/h4-15,21H,16H2,1-3H3,(H,26,27)/t21-/m1/s1. The highest BCUT2D eigenvalue weighted by molar-refractivity contribution is 5.98. The summed E-state index contributed by atoms with van der Waals surface area (Å²) in [5.41, 5.74) is 2.34. The largest absolute Gasteiger partial charge is 0.497 e. The van der Waals surface area contributed by atoms with E-state index < -0.39 is 5.41 Å². The Morgan fingerprint density at radius 3 is 2.00 bits per heavy atom. The Bertz CT molecular complexity index is 1010. The molecular formula is C25H25NO4. The molecule has 5 nitrogen and oxygen atoms in total. The van der Waals surface area contributed by atoms with Gasteiger partial charge in [-0.25, -0.2) is 0 Å². The molecule has 1 aliphatic carbocycles. The molecule has 0 bridgehead atoms. The molecule has 1 fully saturated rings. The second-order valence-electron chi connectivity index (χ2n) is 7.38. The Morgan fingerprint density at radius 2 is 1.43 bits per heavy atom. The van der Waals surface area contributed by atoms with E-state index in [9.17, 15) is 4.79 Å². The van der Waals surface area contributed by atoms with E-state index in [0.717, 1.165) is 22.6 Å². The van der Waals surface area contributed by atoms with Gasteiger partial charge < -0.3 is 19.5 Å². The number of ether oxygens (including phenoxy) is 3. The van der Waals surface area contributed by atoms with Crippen LogP contribution in [0.5, 0.6) is 17.2 Å². The van der Waals surface area contributed by atoms with E-state index in [-0.39, 0.29) is 11.8 Å². The van der Waals surface area contributed by atoms with Gasteiger partial charge in [-0.05, 0) is 53.9 Å². The van der Waals surface area contributed by atoms with Crippen molar-refractivity contribution >= 4 is 11.6 Å². The summed E-state index contributed by atoms with van der Waals surface area (Å²) in [5, 5.41) is 3.05. The predicted octanol–water partition coefficient (Wildman–Crippen LogP) is 4.66. The third-order valence-corrected chi connectivity index (χ3v) is 5.81. The van der Waals surface area contributed by atoms with E-state index in [0.29, 0.717) is 17.9 Å². The Morgan fingerprint density at radius 1 is 0.833 bits per heavy atom. The summed E-state index contributed by atoms with van der Waals surface area (Å²) < 4.78 is 16.3. The first-order chi connectivity index (χ1) is 14.6. The lowest BCUT2D eigenvalue weighted by Crippen LogP contribution is -2.22. The summed E-state index contributed by atoms with van der Waals surface area (Å²) in [7, 11) is 4.89. The Kier molecular flexibility index (Phi) is 5.36. The van der Waals surface area contributed by atoms with Gasteiger partial charge in [0.1, 0.15) is 17.2 Å². The molecule has 0 aliphatic heterocycles. The molecule has 0 aromatic heterocycles. The molecule has 0 spiro atoms. The van der Waals surface area contributed by atoms with Gasteiger partial charge in [0.05, 0.1) is 32.9 Å². The van der Waals surface area contributed by atoms with Gasteiger partial charge in [-0.3, -0.25) is 4.79 Å². The molecule has 3 aromatic carbocycles. The first-order valence-electron chi connectivity index (χ1n) is 9.85. The maximum Gasteiger partial charge on any atom is 0.228 e. The van der Waals surface area contributed by atoms with Crippen molar-refractivity contribution in [1.29, 1.82) is 0 Å². The molecule has 5 heteroatoms. The first-order valence-corrected chi connectivity index (χ1v) is 9.85. The third kappa shape index (κ3) is 3.47. The quantitative estimate of drug-likeness (QED) is 0.624. The van der Waals surface area contributed by atoms with Crippen LogP contribution in [0.15, 0.2) is 72.8 Å². The van der Waals surface area contributed by atoms with Crippen LogP contribution in [0.4, 0.5) is 5.69 Å². The minimum atomic E-state index is -0.435. The number of benzene rings is 3. The molecular weight excluding hydrogens is 378 g/mol. The van der Waals surface area contributed by atoms with Crippen molar-refractivity contribution in [2.24, 2.45) is 5.92 Å². The number of para-hydroxylation sites is 2. The fourth-order valence-corrected chi connectivity index (χ4v) is 4.15. The molecule has 1 amide bonds. The highest BCUT2D eigenvalue weighted by Gasteiger charge is 2.60. The predicted molar refractivity (Wildman–Crippen MR) is 116 cm³/mol. The van der Waals surface area contributed by atoms with Gasteiger partial charge in [-0.2, -0.15) is 0 Å². The van der Waals surface area contributed by atoms with Gasteiger partial charge in [-0.15, -0.1) is 0 Å². The number of hydrogen-bond donors (Lipinski definition) is 1. The molecule has 0 radical (unpaired) electrons. The van der Waals surface area contributed by atoms with Crippen molar-refractivity contribution < 1.29 is 19.0 Å². The molecule has 0 heterocycles. The highest BCUT2D eigenvalue weighted by atomic mass is 16.5. The van der Waals surface area contributed by atoms with Crippen LogP contribution in [-0.4, -0.2) is 27.2 Å². The molecule has 1 N–H and O–H groups in total. The number of nitrogens with one attached hydrogen (secondary N) is 1. The van der Waals surface area contributed by atoms with E-state index in [2.05, 4.69) is 17.4 Å². The van der Waals surface area contributed by atoms with Crippen molar-refractivity contribution in [1.82, 2.24) is 0 Å². The van der Waals surface area contributed by atoms with Gasteiger partial charge in [0.2, 0.25) is 5.91 Å². The number of methoxy groups -OCH3 is 3. The zero-order chi connectivity index (χ0) is 21.1. The highest BCUT2D eigenvalue weighted by Crippen LogP contribution is 2.60. The van der Waals surface area contributed by atoms with Gasteiger partial charge in [-0.1, -0.05) is 36.4 Å². The van der Waals surface area contributed by atoms with E-state index in [1.807, 2.05) is 60.7 Å². The van der Waals surface area contributed by atoms with E-state index >= 15 is 0 Å². The normalized spacial score (nSPS) is 16.4. The Labute approximate surface area is 176 Å². The summed E-state index contributed by atoms with van der Waals surface area (Å²) in [6.45, 7) is 0. The topological polar surface area (TPSA) is 56.8 Å². The first kappa shape index (κ1) is 19.8. The molecule has 1 atom stereocenters. The molecule has 0 unspecified atom stereocenters. The Balaban J connectivity index is 1.72. The van der Waals surface area contributed by atoms with Crippen molar-refractivity contribution in [3.63, 3.8) is 0 Å². The molecule has 3 aromatic rings. The van der Waals surface area contributed by atoms with Crippen molar-refractivity contribution in [2.45, 2.75) is 11.8 Å². The van der Waals surface area contributed by atoms with Gasteiger partial charge in [0.25, 0.3) is 0 Å². The summed E-state index contributed by atoms with van der Waals surface area (Å²) in [5.74, 6) is 1.92. The van der Waals surface area contributed by atoms with Crippen molar-refractivity contribution in [3.8, 4) is 17.2 Å². The lowest BCUT2D eigenvalue weighted by Gasteiger charge is -2.20. The molecule has 30 heavy (non-hydrogen) atoms. The number of anilines is 1. The van der Waals surface area contributed by atoms with Crippen molar-refractivity contribution in [2.75, 3.05) is 26.6 Å². The van der Waals surface area contributed by atoms with Crippen molar-refractivity contribution in [3.05, 3.63) is 83.9 Å². The van der Waals surface area contributed by atoms with Crippen LogP contribution in [0.25, 0.3) is 0 Å². The second-order valence-corrected chi connectivity index (χ2v) is 7.38. The van der Waals surface area contributed by atoms with Crippen LogP contribution < -0.4 is 19.5 Å². The number of hydrogen-bond acceptors (Lipinski definition) is 4. The summed E-state index contributed by atoms with van der Waals surface area (Å²) in [6, 6.07) is 23.3. The van der Waals surface area contributed by atoms with Gasteiger partial charge >= 0.3 is 0 Å². The summed E-state index contributed by atoms with van der Waals surface area (Å²) in [6.07, 6.45) is 0.703. The zero-order valence-electron chi connectivity index (χ0n) is 17.3. The Hall–Kier alpha value is -3.47. The number of amides is 1. The van der Waals surface area contributed by atoms with Gasteiger partial charge in [0, 0.05) is 5.41 Å². The second kappa shape index (κ2) is 8.11. The van der Waals surface area contributed by atoms with Crippen LogP contribution in [0.3, 0.4) is 0 Å². The van der Waals surface area contributed by atoms with E-state index in [1.165, 1.54) is 0 Å². The smallest absolute Gasteiger partial charge is 0.228 e. The molecule has 1 saturated carbocycles. The third-order valence-electron chi connectivity index (χ3n) is 5.81. The zero-order valence-corrected chi connectivity index (χ0v) is 17.3. The molecule has 4 rings (SSSR count). The number of rotatable bonds is 7. The van der Waals surface area contributed by atoms with Crippen LogP contribution in [0, 0.1) is 5.92 Å². The molecule has 1 aliphatic rings. The SMILES string of the molecule is COc1cccc(C2(c3cccc(OC)c3)C[C@@H]2C(=O)Nc2ccccc2OC)c1. The minimum Gasteiger partial charge on any atom is -0.497 e. The van der Waals surface area contributed by atoms with Gasteiger partial charge in [0.15, 0.2) is 0 Å². The maximum atomic E-state index is 13.3. The molecule has 154 valence electrons. The average molecular weight is 403 g/mol. The fourth-order valence-electron chi connectivity index (χ4n) is 4.15. The van der Waals surface area contributed by atoms with Crippen LogP contribution in [0.1, 0.15) is 17.5 Å². The fraction of sp³-hybridized carbons (Fsp3) is 0.240. The van der Waals surface area contributed by atoms with Crippen LogP contribution >= 0.6 is 0 Å². The van der Waals surface area contributed by atoms with E-state index in [1.54, 1.807) is 21.3 Å². The van der Waals surface area contributed by atoms with E-state index in [4.69, 9.17) is 14.2 Å². The average Bonchev–Trinajstić information content (AvgIpc) is 3.57. The minimum absolute atomic E-state index is 0.0369. The number of carbonyl (C=O) groups excluding carboxylic acids is 1. The summed E-state index contributed by atoms with van der Waals surface area (Å²) >= 11 is 0.